The van der Waals surface area contributed by atoms with E-state index in [4.69, 9.17) is 0 Å². The Balaban J connectivity index is 2.43. The van der Waals surface area contributed by atoms with E-state index >= 15 is 0 Å². The number of halogens is 5. The fourth-order valence-electron chi connectivity index (χ4n) is 2.03. The van der Waals surface area contributed by atoms with E-state index in [1.54, 1.807) is 0 Å². The number of hydrogen-bond acceptors (Lipinski definition) is 2. The summed E-state index contributed by atoms with van der Waals surface area (Å²) in [4.78, 5) is 23.1. The van der Waals surface area contributed by atoms with Gasteiger partial charge in [-0.25, -0.2) is 0 Å². The molecule has 0 fully saturated rings. The van der Waals surface area contributed by atoms with Gasteiger partial charge in [-0.05, 0) is 24.5 Å². The van der Waals surface area contributed by atoms with Gasteiger partial charge in [-0.2, -0.15) is 22.0 Å². The Morgan fingerprint density at radius 1 is 1.14 bits per heavy atom. The molecule has 0 unspecified atom stereocenters. The van der Waals surface area contributed by atoms with E-state index in [9.17, 15) is 31.5 Å². The molecule has 0 spiro atoms. The van der Waals surface area contributed by atoms with Crippen LogP contribution in [-0.4, -0.2) is 30.3 Å². The molecule has 1 heterocycles. The molecule has 8 heteroatoms. The monoisotopic (exact) mass is 307 g/mol. The van der Waals surface area contributed by atoms with Gasteiger partial charge in [0.05, 0.1) is 0 Å². The van der Waals surface area contributed by atoms with Crippen LogP contribution in [0, 0.1) is 0 Å². The van der Waals surface area contributed by atoms with Crippen molar-refractivity contribution in [2.24, 2.45) is 0 Å². The van der Waals surface area contributed by atoms with Gasteiger partial charge in [-0.3, -0.25) is 9.59 Å². The summed E-state index contributed by atoms with van der Waals surface area (Å²) in [5.74, 6) is -8.44. The maximum atomic E-state index is 13.0. The van der Waals surface area contributed by atoms with Crippen molar-refractivity contribution < 1.29 is 31.5 Å². The van der Waals surface area contributed by atoms with Crippen molar-refractivity contribution in [3.8, 4) is 0 Å². The molecule has 0 aliphatic carbocycles. The van der Waals surface area contributed by atoms with Gasteiger partial charge >= 0.3 is 12.1 Å². The van der Waals surface area contributed by atoms with Crippen molar-refractivity contribution in [3.05, 3.63) is 34.9 Å². The van der Waals surface area contributed by atoms with Gasteiger partial charge in [-0.15, -0.1) is 0 Å². The normalized spacial score (nSPS) is 16.0. The minimum absolute atomic E-state index is 0.0451. The van der Waals surface area contributed by atoms with E-state index < -0.39 is 29.4 Å². The molecule has 1 aromatic rings. The molecule has 114 valence electrons. The van der Waals surface area contributed by atoms with Crippen molar-refractivity contribution >= 4 is 11.7 Å². The zero-order valence-electron chi connectivity index (χ0n) is 10.6. The predicted octanol–water partition coefficient (Wildman–Crippen LogP) is 2.74. The fraction of sp³-hybridized carbons (Fsp3) is 0.385. The molecule has 1 aliphatic rings. The number of carbonyl (C=O) groups excluding carboxylic acids is 2. The second-order valence-corrected chi connectivity index (χ2v) is 4.63. The van der Waals surface area contributed by atoms with E-state index in [2.05, 4.69) is 5.32 Å². The number of amides is 1. The Bertz CT molecular complexity index is 595. The smallest absolute Gasteiger partial charge is 0.352 e. The lowest BCUT2D eigenvalue weighted by Gasteiger charge is -2.18. The fourth-order valence-corrected chi connectivity index (χ4v) is 2.03. The molecule has 2 rings (SSSR count). The van der Waals surface area contributed by atoms with E-state index in [1.807, 2.05) is 0 Å². The molecule has 0 atom stereocenters. The Hall–Kier alpha value is -1.99. The number of nitrogens with one attached hydrogen (secondary N) is 1. The number of benzene rings is 1. The van der Waals surface area contributed by atoms with Gasteiger partial charge in [0.25, 0.3) is 5.91 Å². The first-order chi connectivity index (χ1) is 9.64. The minimum Gasteiger partial charge on any atom is -0.352 e. The van der Waals surface area contributed by atoms with Crippen LogP contribution >= 0.6 is 0 Å². The van der Waals surface area contributed by atoms with Crippen LogP contribution in [0.3, 0.4) is 0 Å². The lowest BCUT2D eigenvalue weighted by Crippen LogP contribution is -2.44. The number of aryl methyl sites for hydroxylation is 1. The van der Waals surface area contributed by atoms with Crippen LogP contribution in [-0.2, 0) is 6.42 Å². The van der Waals surface area contributed by atoms with Crippen molar-refractivity contribution in [2.45, 2.75) is 24.9 Å². The number of hydrogen-bond donors (Lipinski definition) is 1. The quantitative estimate of drug-likeness (QED) is 0.674. The van der Waals surface area contributed by atoms with E-state index in [0.717, 1.165) is 12.1 Å². The average Bonchev–Trinajstić information content (AvgIpc) is 2.58. The van der Waals surface area contributed by atoms with E-state index in [0.29, 0.717) is 24.9 Å². The molecular weight excluding hydrogens is 297 g/mol. The Morgan fingerprint density at radius 3 is 2.43 bits per heavy atom. The van der Waals surface area contributed by atoms with Gasteiger partial charge in [0.2, 0.25) is 5.78 Å². The molecule has 0 radical (unpaired) electrons. The summed E-state index contributed by atoms with van der Waals surface area (Å²) in [6.45, 7) is 0.371. The molecule has 0 bridgehead atoms. The summed E-state index contributed by atoms with van der Waals surface area (Å²) in [5.41, 5.74) is -0.374. The summed E-state index contributed by atoms with van der Waals surface area (Å²) < 4.78 is 62.7. The van der Waals surface area contributed by atoms with Crippen molar-refractivity contribution in [1.29, 1.82) is 0 Å². The van der Waals surface area contributed by atoms with Gasteiger partial charge < -0.3 is 5.32 Å². The lowest BCUT2D eigenvalue weighted by molar-refractivity contribution is -0.255. The summed E-state index contributed by atoms with van der Waals surface area (Å²) in [6.07, 6.45) is -4.89. The molecule has 3 nitrogen and oxygen atoms in total. The van der Waals surface area contributed by atoms with Crippen LogP contribution in [0.25, 0.3) is 0 Å². The first-order valence-electron chi connectivity index (χ1n) is 6.05. The third-order valence-electron chi connectivity index (χ3n) is 3.17. The van der Waals surface area contributed by atoms with Gasteiger partial charge in [0.1, 0.15) is 0 Å². The SMILES string of the molecule is O=C1NCCCc2ccc(C(=O)C(F)(F)C(F)(F)F)cc21. The van der Waals surface area contributed by atoms with Crippen LogP contribution in [0.15, 0.2) is 18.2 Å². The van der Waals surface area contributed by atoms with Crippen LogP contribution in [0.2, 0.25) is 0 Å². The van der Waals surface area contributed by atoms with Gasteiger partial charge in [-0.1, -0.05) is 12.1 Å². The molecule has 1 aliphatic heterocycles. The summed E-state index contributed by atoms with van der Waals surface area (Å²) in [7, 11) is 0. The largest absolute Gasteiger partial charge is 0.461 e. The number of carbonyl (C=O) groups is 2. The average molecular weight is 307 g/mol. The summed E-state index contributed by atoms with van der Waals surface area (Å²) >= 11 is 0. The Morgan fingerprint density at radius 2 is 1.81 bits per heavy atom. The lowest BCUT2D eigenvalue weighted by atomic mass is 9.97. The highest BCUT2D eigenvalue weighted by molar-refractivity contribution is 6.05. The zero-order valence-corrected chi connectivity index (χ0v) is 10.6. The number of ketones is 1. The molecule has 1 aromatic carbocycles. The number of alkyl halides is 5. The molecular formula is C13H10F5NO2. The highest BCUT2D eigenvalue weighted by atomic mass is 19.4. The zero-order chi connectivity index (χ0) is 15.8. The summed E-state index contributed by atoms with van der Waals surface area (Å²) in [6, 6.07) is 2.91. The molecule has 21 heavy (non-hydrogen) atoms. The third-order valence-corrected chi connectivity index (χ3v) is 3.17. The highest BCUT2D eigenvalue weighted by Crippen LogP contribution is 2.38. The third kappa shape index (κ3) is 2.74. The Labute approximate surface area is 116 Å². The first kappa shape index (κ1) is 15.4. The number of Topliss-reactive ketones (excluding diaryl/α,β-unsaturated/α-hetero) is 1. The minimum atomic E-state index is -5.97. The standard InChI is InChI=1S/C13H10F5NO2/c14-12(15,13(16,17)18)10(20)8-4-3-7-2-1-5-19-11(21)9(7)6-8/h3-4,6H,1-2,5H2,(H,19,21). The maximum absolute atomic E-state index is 13.0. The van der Waals surface area contributed by atoms with Gasteiger partial charge in [0.15, 0.2) is 0 Å². The molecule has 1 amide bonds. The van der Waals surface area contributed by atoms with Crippen LogP contribution in [0.4, 0.5) is 22.0 Å². The highest BCUT2D eigenvalue weighted by Gasteiger charge is 2.63. The topological polar surface area (TPSA) is 46.2 Å². The molecule has 0 saturated heterocycles. The number of fused-ring (bicyclic) bond motifs is 1. The second kappa shape index (κ2) is 5.09. The van der Waals surface area contributed by atoms with E-state index in [1.165, 1.54) is 6.07 Å². The first-order valence-corrected chi connectivity index (χ1v) is 6.05. The van der Waals surface area contributed by atoms with Crippen LogP contribution < -0.4 is 5.32 Å². The van der Waals surface area contributed by atoms with E-state index in [-0.39, 0.29) is 5.56 Å². The predicted molar refractivity (Wildman–Crippen MR) is 62.4 cm³/mol. The molecule has 1 N–H and O–H groups in total. The van der Waals surface area contributed by atoms with Crippen molar-refractivity contribution in [1.82, 2.24) is 5.32 Å². The van der Waals surface area contributed by atoms with Gasteiger partial charge in [0, 0.05) is 17.7 Å². The van der Waals surface area contributed by atoms with Crippen LogP contribution in [0.1, 0.15) is 32.7 Å². The number of rotatable bonds is 2. The molecule has 0 saturated carbocycles. The summed E-state index contributed by atoms with van der Waals surface area (Å²) in [5, 5.41) is 2.48. The maximum Gasteiger partial charge on any atom is 0.461 e. The van der Waals surface area contributed by atoms with Crippen LogP contribution in [0.5, 0.6) is 0 Å². The van der Waals surface area contributed by atoms with Crippen molar-refractivity contribution in [3.63, 3.8) is 0 Å². The Kier molecular flexibility index (Phi) is 3.73. The molecule has 0 aromatic heterocycles. The van der Waals surface area contributed by atoms with Crippen molar-refractivity contribution in [2.75, 3.05) is 6.54 Å². The second-order valence-electron chi connectivity index (χ2n) is 4.63.